The van der Waals surface area contributed by atoms with Crippen LogP contribution in [0.3, 0.4) is 0 Å². The lowest BCUT2D eigenvalue weighted by molar-refractivity contribution is -0.121. The molecule has 1 aliphatic carbocycles. The summed E-state index contributed by atoms with van der Waals surface area (Å²) in [7, 11) is 0. The molecule has 0 aliphatic heterocycles. The van der Waals surface area contributed by atoms with Gasteiger partial charge in [0.2, 0.25) is 0 Å². The van der Waals surface area contributed by atoms with E-state index in [0.717, 1.165) is 12.3 Å². The lowest BCUT2D eigenvalue weighted by Crippen LogP contribution is -2.27. The highest BCUT2D eigenvalue weighted by Crippen LogP contribution is 2.42. The molecule has 0 aromatic heterocycles. The molecule has 1 aliphatic rings. The Morgan fingerprint density at radius 3 is 2.18 bits per heavy atom. The number of ketones is 1. The van der Waals surface area contributed by atoms with Crippen LogP contribution in [0.15, 0.2) is 12.1 Å². The van der Waals surface area contributed by atoms with Crippen LogP contribution < -0.4 is 0 Å². The molecule has 0 saturated heterocycles. The van der Waals surface area contributed by atoms with Crippen LogP contribution in [-0.2, 0) is 11.2 Å². The van der Waals surface area contributed by atoms with Crippen LogP contribution in [0.4, 0.5) is 0 Å². The number of rotatable bonds is 5. The fraction of sp³-hybridized carbons (Fsp3) is 0.667. The third kappa shape index (κ3) is 4.21. The van der Waals surface area contributed by atoms with Gasteiger partial charge in [0.15, 0.2) is 0 Å². The van der Waals surface area contributed by atoms with E-state index in [0.29, 0.717) is 12.2 Å². The molecule has 22 heavy (non-hydrogen) atoms. The minimum absolute atomic E-state index is 0.245. The van der Waals surface area contributed by atoms with Gasteiger partial charge in [0.05, 0.1) is 0 Å². The van der Waals surface area contributed by atoms with Gasteiger partial charge in [-0.3, -0.25) is 4.79 Å². The van der Waals surface area contributed by atoms with Crippen molar-refractivity contribution in [2.75, 3.05) is 0 Å². The molecule has 0 N–H and O–H groups in total. The van der Waals surface area contributed by atoms with Crippen molar-refractivity contribution in [3.8, 4) is 0 Å². The second-order valence-corrected chi connectivity index (χ2v) is 7.93. The molecule has 0 radical (unpaired) electrons. The first-order valence-corrected chi connectivity index (χ1v) is 8.91. The van der Waals surface area contributed by atoms with E-state index in [1.165, 1.54) is 54.4 Å². The van der Waals surface area contributed by atoms with Crippen LogP contribution >= 0.6 is 0 Å². The summed E-state index contributed by atoms with van der Waals surface area (Å²) in [6.07, 6.45) is 7.74. The second-order valence-electron chi connectivity index (χ2n) is 7.93. The summed E-state index contributed by atoms with van der Waals surface area (Å²) >= 11 is 0. The van der Waals surface area contributed by atoms with Gasteiger partial charge in [0, 0.05) is 12.8 Å². The van der Waals surface area contributed by atoms with Crippen LogP contribution in [-0.4, -0.2) is 5.78 Å². The zero-order chi connectivity index (χ0) is 16.3. The van der Waals surface area contributed by atoms with Crippen molar-refractivity contribution >= 4 is 5.78 Å². The molecule has 0 unspecified atom stereocenters. The molecule has 0 amide bonds. The molecule has 0 atom stereocenters. The lowest BCUT2D eigenvalue weighted by atomic mass is 9.68. The molecule has 1 saturated carbocycles. The van der Waals surface area contributed by atoms with E-state index in [1.54, 1.807) is 0 Å². The first kappa shape index (κ1) is 17.2. The van der Waals surface area contributed by atoms with Gasteiger partial charge in [-0.05, 0) is 74.5 Å². The zero-order valence-corrected chi connectivity index (χ0v) is 15.1. The van der Waals surface area contributed by atoms with E-state index < -0.39 is 0 Å². The van der Waals surface area contributed by atoms with Crippen molar-refractivity contribution in [2.45, 2.75) is 79.6 Å². The van der Waals surface area contributed by atoms with E-state index >= 15 is 0 Å². The Kier molecular flexibility index (Phi) is 5.47. The first-order valence-electron chi connectivity index (χ1n) is 8.91. The van der Waals surface area contributed by atoms with Crippen LogP contribution in [0.1, 0.15) is 74.6 Å². The monoisotopic (exact) mass is 300 g/mol. The minimum Gasteiger partial charge on any atom is -0.299 e. The zero-order valence-electron chi connectivity index (χ0n) is 15.1. The average Bonchev–Trinajstić information content (AvgIpc) is 2.43. The van der Waals surface area contributed by atoms with Gasteiger partial charge in [-0.1, -0.05) is 38.0 Å². The maximum absolute atomic E-state index is 12.6. The van der Waals surface area contributed by atoms with E-state index in [4.69, 9.17) is 0 Å². The normalized spacial score (nSPS) is 25.2. The van der Waals surface area contributed by atoms with Crippen molar-refractivity contribution in [2.24, 2.45) is 11.3 Å². The van der Waals surface area contributed by atoms with Gasteiger partial charge in [-0.25, -0.2) is 0 Å². The summed E-state index contributed by atoms with van der Waals surface area (Å²) in [5, 5.41) is 0. The van der Waals surface area contributed by atoms with Crippen LogP contribution in [0.25, 0.3) is 0 Å². The van der Waals surface area contributed by atoms with Gasteiger partial charge < -0.3 is 0 Å². The number of aryl methyl sites for hydroxylation is 3. The molecule has 0 spiro atoms. The lowest BCUT2D eigenvalue weighted by Gasteiger charge is -2.36. The predicted octanol–water partition coefficient (Wildman–Crippen LogP) is 5.72. The number of benzene rings is 1. The molecular formula is C21H32O. The molecular weight excluding hydrogens is 268 g/mol. The summed E-state index contributed by atoms with van der Waals surface area (Å²) in [5.74, 6) is 1.32. The molecule has 1 nitrogen and oxygen atoms in total. The van der Waals surface area contributed by atoms with Crippen LogP contribution in [0, 0.1) is 32.1 Å². The highest BCUT2D eigenvalue weighted by Gasteiger charge is 2.32. The largest absolute Gasteiger partial charge is 0.299 e. The van der Waals surface area contributed by atoms with Gasteiger partial charge in [-0.15, -0.1) is 0 Å². The molecule has 0 heterocycles. The second kappa shape index (κ2) is 6.98. The number of hydrogen-bond acceptors (Lipinski definition) is 1. The number of carbonyl (C=O) groups is 1. The van der Waals surface area contributed by atoms with Gasteiger partial charge >= 0.3 is 0 Å². The van der Waals surface area contributed by atoms with Gasteiger partial charge in [0.1, 0.15) is 5.78 Å². The molecule has 1 aromatic carbocycles. The third-order valence-corrected chi connectivity index (χ3v) is 5.73. The summed E-state index contributed by atoms with van der Waals surface area (Å²) in [4.78, 5) is 12.6. The average molecular weight is 300 g/mol. The smallest absolute Gasteiger partial charge is 0.137 e. The van der Waals surface area contributed by atoms with Crippen molar-refractivity contribution in [1.82, 2.24) is 0 Å². The number of carbonyl (C=O) groups excluding carboxylic acids is 1. The maximum atomic E-state index is 12.6. The SMILES string of the molecule is CCC1CCC(C)(CC(=O)Cc2c(C)cc(C)cc2C)CC1. The maximum Gasteiger partial charge on any atom is 0.137 e. The third-order valence-electron chi connectivity index (χ3n) is 5.73. The van der Waals surface area contributed by atoms with Crippen LogP contribution in [0.2, 0.25) is 0 Å². The van der Waals surface area contributed by atoms with E-state index in [1.807, 2.05) is 0 Å². The summed E-state index contributed by atoms with van der Waals surface area (Å²) < 4.78 is 0. The Morgan fingerprint density at radius 1 is 1.14 bits per heavy atom. The highest BCUT2D eigenvalue weighted by molar-refractivity contribution is 5.82. The van der Waals surface area contributed by atoms with Crippen molar-refractivity contribution in [3.05, 3.63) is 34.4 Å². The number of Topliss-reactive ketones (excluding diaryl/α,β-unsaturated/α-hetero) is 1. The first-order chi connectivity index (χ1) is 10.3. The molecule has 1 fully saturated rings. The molecule has 1 aromatic rings. The van der Waals surface area contributed by atoms with Gasteiger partial charge in [0.25, 0.3) is 0 Å². The Labute approximate surface area is 136 Å². The van der Waals surface area contributed by atoms with E-state index in [2.05, 4.69) is 46.8 Å². The minimum atomic E-state index is 0.245. The fourth-order valence-electron chi connectivity index (χ4n) is 4.18. The van der Waals surface area contributed by atoms with E-state index in [9.17, 15) is 4.79 Å². The summed E-state index contributed by atoms with van der Waals surface area (Å²) in [6, 6.07) is 4.40. The predicted molar refractivity (Wildman–Crippen MR) is 94.3 cm³/mol. The highest BCUT2D eigenvalue weighted by atomic mass is 16.1. The van der Waals surface area contributed by atoms with Crippen molar-refractivity contribution in [1.29, 1.82) is 0 Å². The topological polar surface area (TPSA) is 17.1 Å². The Morgan fingerprint density at radius 2 is 1.68 bits per heavy atom. The quantitative estimate of drug-likeness (QED) is 0.679. The Hall–Kier alpha value is -1.11. The van der Waals surface area contributed by atoms with Gasteiger partial charge in [-0.2, -0.15) is 0 Å². The number of hydrogen-bond donors (Lipinski definition) is 0. The summed E-state index contributed by atoms with van der Waals surface area (Å²) in [5.41, 5.74) is 5.32. The summed E-state index contributed by atoms with van der Waals surface area (Å²) in [6.45, 7) is 11.0. The van der Waals surface area contributed by atoms with Crippen molar-refractivity contribution < 1.29 is 4.79 Å². The van der Waals surface area contributed by atoms with Crippen LogP contribution in [0.5, 0.6) is 0 Å². The van der Waals surface area contributed by atoms with E-state index in [-0.39, 0.29) is 5.41 Å². The Balaban J connectivity index is 1.99. The fourth-order valence-corrected chi connectivity index (χ4v) is 4.18. The molecule has 1 heteroatoms. The Bertz CT molecular complexity index is 510. The standard InChI is InChI=1S/C21H32O/c1-6-18-7-9-21(5,10-8-18)14-19(22)13-20-16(3)11-15(2)12-17(20)4/h11-12,18H,6-10,13-14H2,1-5H3. The molecule has 2 rings (SSSR count). The molecule has 122 valence electrons. The molecule has 0 bridgehead atoms. The van der Waals surface area contributed by atoms with Crippen molar-refractivity contribution in [3.63, 3.8) is 0 Å².